The van der Waals surface area contributed by atoms with E-state index in [4.69, 9.17) is 9.72 Å². The van der Waals surface area contributed by atoms with Crippen LogP contribution < -0.4 is 5.32 Å². The van der Waals surface area contributed by atoms with Crippen LogP contribution in [0.25, 0.3) is 32.6 Å². The zero-order valence-electron chi connectivity index (χ0n) is 17.2. The second-order valence-electron chi connectivity index (χ2n) is 7.19. The van der Waals surface area contributed by atoms with Gasteiger partial charge in [-0.05, 0) is 31.0 Å². The van der Waals surface area contributed by atoms with Crippen molar-refractivity contribution in [2.75, 3.05) is 13.7 Å². The van der Waals surface area contributed by atoms with Crippen LogP contribution in [0.15, 0.2) is 42.7 Å². The lowest BCUT2D eigenvalue weighted by Crippen LogP contribution is -2.21. The number of hydrogen-bond acceptors (Lipinski definition) is 4. The van der Waals surface area contributed by atoms with Gasteiger partial charge in [-0.15, -0.1) is 12.4 Å². The van der Waals surface area contributed by atoms with E-state index in [9.17, 15) is 9.59 Å². The Morgan fingerprint density at radius 2 is 1.90 bits per heavy atom. The fraction of sp³-hybridized carbons (Fsp3) is 0.261. The predicted molar refractivity (Wildman–Crippen MR) is 121 cm³/mol. The number of pyridine rings is 1. The third-order valence-electron chi connectivity index (χ3n) is 5.30. The molecule has 4 aromatic rings. The summed E-state index contributed by atoms with van der Waals surface area (Å²) in [6, 6.07) is 9.88. The monoisotopic (exact) mass is 425 g/mol. The molecule has 4 rings (SSSR count). The second-order valence-corrected chi connectivity index (χ2v) is 7.19. The molecule has 7 heteroatoms. The molecule has 0 bridgehead atoms. The number of rotatable bonds is 5. The van der Waals surface area contributed by atoms with E-state index in [1.807, 2.05) is 36.5 Å². The number of amides is 1. The molecule has 1 amide bonds. The highest BCUT2D eigenvalue weighted by Crippen LogP contribution is 2.37. The summed E-state index contributed by atoms with van der Waals surface area (Å²) >= 11 is 0. The first-order chi connectivity index (χ1) is 14.0. The van der Waals surface area contributed by atoms with Crippen LogP contribution in [-0.2, 0) is 16.1 Å². The highest BCUT2D eigenvalue weighted by Gasteiger charge is 2.22. The first kappa shape index (κ1) is 21.6. The van der Waals surface area contributed by atoms with Gasteiger partial charge in [0.2, 0.25) is 5.91 Å². The van der Waals surface area contributed by atoms with Gasteiger partial charge in [-0.1, -0.05) is 18.2 Å². The van der Waals surface area contributed by atoms with Crippen molar-refractivity contribution >= 4 is 56.9 Å². The lowest BCUT2D eigenvalue weighted by Gasteiger charge is -2.14. The largest absolute Gasteiger partial charge is 0.465 e. The van der Waals surface area contributed by atoms with E-state index in [-0.39, 0.29) is 24.3 Å². The van der Waals surface area contributed by atoms with Crippen molar-refractivity contribution in [3.05, 3.63) is 53.9 Å². The first-order valence-corrected chi connectivity index (χ1v) is 9.64. The van der Waals surface area contributed by atoms with E-state index < -0.39 is 0 Å². The molecule has 0 radical (unpaired) electrons. The Bertz CT molecular complexity index is 1260. The Labute approximate surface area is 180 Å². The number of para-hydroxylation sites is 1. The molecule has 2 heterocycles. The van der Waals surface area contributed by atoms with Gasteiger partial charge < -0.3 is 14.6 Å². The molecule has 30 heavy (non-hydrogen) atoms. The van der Waals surface area contributed by atoms with Crippen LogP contribution >= 0.6 is 12.4 Å². The van der Waals surface area contributed by atoms with Crippen molar-refractivity contribution in [1.29, 1.82) is 0 Å². The second kappa shape index (κ2) is 8.71. The minimum Gasteiger partial charge on any atom is -0.465 e. The molecule has 0 unspecified atom stereocenters. The van der Waals surface area contributed by atoms with Crippen LogP contribution in [0.4, 0.5) is 0 Å². The van der Waals surface area contributed by atoms with Crippen molar-refractivity contribution in [3.63, 3.8) is 0 Å². The third kappa shape index (κ3) is 3.71. The van der Waals surface area contributed by atoms with E-state index in [0.29, 0.717) is 17.6 Å². The fourth-order valence-electron chi connectivity index (χ4n) is 3.94. The number of carbonyl (C=O) groups is 2. The number of methoxy groups -OCH3 is 1. The summed E-state index contributed by atoms with van der Waals surface area (Å²) in [4.78, 5) is 28.5. The molecular formula is C23H24ClN3O3. The SMILES string of the molecule is COC(=O)c1c2ccn(CCCNC(C)=O)cc2c(C)c2c1nc1ccccc12.Cl. The van der Waals surface area contributed by atoms with Crippen LogP contribution in [0.2, 0.25) is 0 Å². The molecule has 6 nitrogen and oxygen atoms in total. The number of carbonyl (C=O) groups excluding carboxylic acids is 2. The molecule has 1 N–H and O–H groups in total. The summed E-state index contributed by atoms with van der Waals surface area (Å²) < 4.78 is 7.18. The smallest absolute Gasteiger partial charge is 0.340 e. The Hall–Kier alpha value is -3.12. The maximum absolute atomic E-state index is 12.7. The van der Waals surface area contributed by atoms with Gasteiger partial charge in [0.15, 0.2) is 0 Å². The van der Waals surface area contributed by atoms with E-state index in [0.717, 1.165) is 45.6 Å². The maximum Gasteiger partial charge on any atom is 0.340 e. The number of benzene rings is 2. The van der Waals surface area contributed by atoms with Crippen molar-refractivity contribution in [3.8, 4) is 0 Å². The number of esters is 1. The number of aryl methyl sites for hydroxylation is 2. The Kier molecular flexibility index (Phi) is 6.27. The van der Waals surface area contributed by atoms with Crippen LogP contribution in [0.1, 0.15) is 29.3 Å². The van der Waals surface area contributed by atoms with Crippen LogP contribution in [0, 0.1) is 6.92 Å². The topological polar surface area (TPSA) is 73.2 Å². The molecular weight excluding hydrogens is 402 g/mol. The highest BCUT2D eigenvalue weighted by atomic mass is 35.5. The lowest BCUT2D eigenvalue weighted by molar-refractivity contribution is -0.118. The van der Waals surface area contributed by atoms with E-state index in [2.05, 4.69) is 23.0 Å². The van der Waals surface area contributed by atoms with Crippen molar-refractivity contribution < 1.29 is 14.3 Å². The summed E-state index contributed by atoms with van der Waals surface area (Å²) in [6.07, 6.45) is 4.84. The van der Waals surface area contributed by atoms with E-state index >= 15 is 0 Å². The average molecular weight is 426 g/mol. The number of fused-ring (bicyclic) bond motifs is 4. The minimum absolute atomic E-state index is 0. The zero-order valence-corrected chi connectivity index (χ0v) is 18.0. The summed E-state index contributed by atoms with van der Waals surface area (Å²) in [6.45, 7) is 4.98. The lowest BCUT2D eigenvalue weighted by atomic mass is 9.96. The van der Waals surface area contributed by atoms with Gasteiger partial charge in [-0.25, -0.2) is 9.78 Å². The number of nitrogens with zero attached hydrogens (tertiary/aromatic N) is 2. The molecule has 0 spiro atoms. The molecule has 0 aliphatic rings. The summed E-state index contributed by atoms with van der Waals surface area (Å²) in [5.74, 6) is -0.406. The predicted octanol–water partition coefficient (Wildman–Crippen LogP) is 4.39. The molecule has 0 fully saturated rings. The van der Waals surface area contributed by atoms with Crippen molar-refractivity contribution in [2.45, 2.75) is 26.8 Å². The zero-order chi connectivity index (χ0) is 20.5. The Morgan fingerprint density at radius 1 is 1.13 bits per heavy atom. The Balaban J connectivity index is 0.00000256. The molecule has 156 valence electrons. The van der Waals surface area contributed by atoms with E-state index in [1.54, 1.807) is 0 Å². The minimum atomic E-state index is -0.383. The van der Waals surface area contributed by atoms with Gasteiger partial charge in [0.1, 0.15) is 0 Å². The molecule has 0 aliphatic heterocycles. The van der Waals surface area contributed by atoms with Crippen molar-refractivity contribution in [1.82, 2.24) is 14.9 Å². The molecule has 0 aliphatic carbocycles. The molecule has 2 aromatic heterocycles. The molecule has 0 atom stereocenters. The van der Waals surface area contributed by atoms with E-state index in [1.165, 1.54) is 14.0 Å². The number of hydrogen-bond donors (Lipinski definition) is 1. The standard InChI is InChI=1S/C23H23N3O3.ClH/c1-14-18-13-26(11-6-10-24-15(2)27)12-9-16(18)21(23(28)29-3)22-20(14)17-7-4-5-8-19(17)25-22;/h4-5,7-9,12-13H,6,10-11H2,1-3H3,(H,24,27);1H. The summed E-state index contributed by atoms with van der Waals surface area (Å²) in [5, 5.41) is 6.67. The quantitative estimate of drug-likeness (QED) is 0.380. The third-order valence-corrected chi connectivity index (χ3v) is 5.30. The van der Waals surface area contributed by atoms with Gasteiger partial charge >= 0.3 is 5.97 Å². The average Bonchev–Trinajstić information content (AvgIpc) is 3.10. The highest BCUT2D eigenvalue weighted by molar-refractivity contribution is 6.23. The van der Waals surface area contributed by atoms with Gasteiger partial charge in [-0.2, -0.15) is 0 Å². The first-order valence-electron chi connectivity index (χ1n) is 9.64. The van der Waals surface area contributed by atoms with Crippen LogP contribution in [0.5, 0.6) is 0 Å². The Morgan fingerprint density at radius 3 is 2.63 bits per heavy atom. The number of halogens is 1. The van der Waals surface area contributed by atoms with Gasteiger partial charge in [0.05, 0.1) is 23.7 Å². The van der Waals surface area contributed by atoms with Gasteiger partial charge in [0, 0.05) is 54.0 Å². The summed E-state index contributed by atoms with van der Waals surface area (Å²) in [7, 11) is 1.40. The summed E-state index contributed by atoms with van der Waals surface area (Å²) in [5.41, 5.74) is 3.15. The fourth-order valence-corrected chi connectivity index (χ4v) is 3.94. The number of aromatic nitrogens is 2. The van der Waals surface area contributed by atoms with Crippen molar-refractivity contribution in [2.24, 2.45) is 0 Å². The molecule has 0 saturated heterocycles. The molecule has 0 saturated carbocycles. The van der Waals surface area contributed by atoms with Gasteiger partial charge in [-0.3, -0.25) is 4.79 Å². The van der Waals surface area contributed by atoms with Crippen LogP contribution in [-0.4, -0.2) is 35.1 Å². The van der Waals surface area contributed by atoms with Gasteiger partial charge in [0.25, 0.3) is 0 Å². The molecule has 2 aromatic carbocycles. The number of ether oxygens (including phenoxy) is 1. The normalized spacial score (nSPS) is 10.9. The number of nitrogens with one attached hydrogen (secondary N) is 1. The van der Waals surface area contributed by atoms with Crippen LogP contribution in [0.3, 0.4) is 0 Å². The maximum atomic E-state index is 12.7.